The Hall–Kier alpha value is -2.66. The number of hydrogen-bond donors (Lipinski definition) is 1. The molecule has 0 aliphatic rings. The van der Waals surface area contributed by atoms with E-state index in [0.29, 0.717) is 25.5 Å². The molecule has 0 unspecified atom stereocenters. The van der Waals surface area contributed by atoms with Crippen LogP contribution in [-0.4, -0.2) is 10.9 Å². The zero-order valence-electron chi connectivity index (χ0n) is 16.6. The number of nitrogens with zero attached hydrogens (tertiary/aromatic N) is 1. The molecule has 3 rings (SSSR count). The third kappa shape index (κ3) is 7.92. The average Bonchev–Trinajstić information content (AvgIpc) is 3.27. The summed E-state index contributed by atoms with van der Waals surface area (Å²) >= 11 is 1.74. The van der Waals surface area contributed by atoms with Crippen molar-refractivity contribution in [2.75, 3.05) is 0 Å². The summed E-state index contributed by atoms with van der Waals surface area (Å²) in [5.74, 6) is 0.642. The van der Waals surface area contributed by atoms with Crippen molar-refractivity contribution in [2.24, 2.45) is 0 Å². The van der Waals surface area contributed by atoms with Crippen LogP contribution in [0.3, 0.4) is 0 Å². The molecule has 0 fully saturated rings. The normalized spacial score (nSPS) is 9.93. The van der Waals surface area contributed by atoms with E-state index in [-0.39, 0.29) is 5.91 Å². The summed E-state index contributed by atoms with van der Waals surface area (Å²) in [6, 6.07) is 17.9. The zero-order valence-corrected chi connectivity index (χ0v) is 17.4. The Kier molecular flexibility index (Phi) is 9.80. The highest BCUT2D eigenvalue weighted by atomic mass is 32.1. The van der Waals surface area contributed by atoms with E-state index in [0.717, 1.165) is 24.0 Å². The highest BCUT2D eigenvalue weighted by Gasteiger charge is 2.04. The summed E-state index contributed by atoms with van der Waals surface area (Å²) in [4.78, 5) is 17.5. The summed E-state index contributed by atoms with van der Waals surface area (Å²) in [5.41, 5.74) is 2.08. The molecular weight excluding hydrogens is 368 g/mol. The molecule has 1 aromatic carbocycles. The second-order valence-corrected chi connectivity index (χ2v) is 7.02. The third-order valence-electron chi connectivity index (χ3n) is 3.93. The van der Waals surface area contributed by atoms with E-state index >= 15 is 0 Å². The summed E-state index contributed by atoms with van der Waals surface area (Å²) in [7, 11) is 0. The molecule has 0 spiro atoms. The van der Waals surface area contributed by atoms with Gasteiger partial charge in [-0.2, -0.15) is 0 Å². The van der Waals surface area contributed by atoms with Gasteiger partial charge in [0, 0.05) is 30.1 Å². The number of ether oxygens (including phenoxy) is 1. The number of aryl methyl sites for hydroxylation is 1. The van der Waals surface area contributed by atoms with Crippen LogP contribution in [0.1, 0.15) is 42.7 Å². The monoisotopic (exact) mass is 396 g/mol. The first-order valence-corrected chi connectivity index (χ1v) is 10.6. The van der Waals surface area contributed by atoms with Crippen molar-refractivity contribution in [1.82, 2.24) is 10.3 Å². The van der Waals surface area contributed by atoms with E-state index < -0.39 is 0 Å². The van der Waals surface area contributed by atoms with Crippen LogP contribution < -0.4 is 10.1 Å². The van der Waals surface area contributed by atoms with Gasteiger partial charge in [-0.1, -0.05) is 50.2 Å². The highest BCUT2D eigenvalue weighted by molar-refractivity contribution is 7.09. The molecule has 4 nitrogen and oxygen atoms in total. The predicted molar refractivity (Wildman–Crippen MR) is 115 cm³/mol. The highest BCUT2D eigenvalue weighted by Crippen LogP contribution is 2.13. The fraction of sp³-hybridized carbons (Fsp3) is 0.304. The number of pyridine rings is 1. The molecule has 0 aliphatic heterocycles. The Morgan fingerprint density at radius 2 is 1.89 bits per heavy atom. The number of amides is 1. The molecule has 2 heterocycles. The van der Waals surface area contributed by atoms with Crippen molar-refractivity contribution >= 4 is 17.2 Å². The molecule has 1 amide bonds. The number of rotatable bonds is 9. The summed E-state index contributed by atoms with van der Waals surface area (Å²) in [5, 5.41) is 5.03. The van der Waals surface area contributed by atoms with Crippen LogP contribution in [0.15, 0.2) is 66.2 Å². The Labute approximate surface area is 171 Å². The van der Waals surface area contributed by atoms with Gasteiger partial charge >= 0.3 is 0 Å². The Bertz CT molecular complexity index is 804. The minimum absolute atomic E-state index is 0.0742. The Balaban J connectivity index is 0.00000136. The fourth-order valence-electron chi connectivity index (χ4n) is 2.54. The molecule has 0 aliphatic carbocycles. The van der Waals surface area contributed by atoms with Crippen LogP contribution >= 0.6 is 11.3 Å². The Morgan fingerprint density at radius 3 is 2.64 bits per heavy atom. The molecule has 0 saturated heterocycles. The van der Waals surface area contributed by atoms with Crippen LogP contribution in [0.25, 0.3) is 0 Å². The van der Waals surface area contributed by atoms with Gasteiger partial charge in [0.2, 0.25) is 11.8 Å². The first-order valence-electron chi connectivity index (χ1n) is 9.70. The first-order chi connectivity index (χ1) is 13.8. The van der Waals surface area contributed by atoms with Gasteiger partial charge in [0.1, 0.15) is 6.61 Å². The minimum Gasteiger partial charge on any atom is -0.473 e. The molecule has 3 aromatic rings. The van der Waals surface area contributed by atoms with Gasteiger partial charge in [-0.15, -0.1) is 11.3 Å². The average molecular weight is 397 g/mol. The van der Waals surface area contributed by atoms with Crippen molar-refractivity contribution in [2.45, 2.75) is 46.3 Å². The van der Waals surface area contributed by atoms with Gasteiger partial charge in [0.05, 0.1) is 0 Å². The molecule has 1 N–H and O–H groups in total. The maximum absolute atomic E-state index is 12.0. The van der Waals surface area contributed by atoms with Crippen LogP contribution in [0, 0.1) is 0 Å². The SMILES string of the molecule is CC.O=C(CCCc1cccs1)NCc1ccnc(OCc2ccccc2)c1. The largest absolute Gasteiger partial charge is 0.473 e. The van der Waals surface area contributed by atoms with Crippen LogP contribution in [0.4, 0.5) is 0 Å². The van der Waals surface area contributed by atoms with Crippen molar-refractivity contribution in [3.05, 3.63) is 82.2 Å². The summed E-state index contributed by atoms with van der Waals surface area (Å²) < 4.78 is 5.72. The number of nitrogens with one attached hydrogen (secondary N) is 1. The lowest BCUT2D eigenvalue weighted by atomic mass is 10.2. The molecule has 5 heteroatoms. The Morgan fingerprint density at radius 1 is 1.07 bits per heavy atom. The van der Waals surface area contributed by atoms with Crippen molar-refractivity contribution in [3.8, 4) is 5.88 Å². The lowest BCUT2D eigenvalue weighted by Gasteiger charge is -2.08. The molecule has 0 saturated carbocycles. The number of carbonyl (C=O) groups is 1. The van der Waals surface area contributed by atoms with Gasteiger partial charge in [-0.25, -0.2) is 4.98 Å². The number of thiophene rings is 1. The molecule has 0 radical (unpaired) electrons. The number of aromatic nitrogens is 1. The minimum atomic E-state index is 0.0742. The van der Waals surface area contributed by atoms with Gasteiger partial charge in [0.15, 0.2) is 0 Å². The van der Waals surface area contributed by atoms with Gasteiger partial charge in [-0.05, 0) is 41.5 Å². The number of hydrogen-bond acceptors (Lipinski definition) is 4. The van der Waals surface area contributed by atoms with E-state index in [1.54, 1.807) is 17.5 Å². The topological polar surface area (TPSA) is 51.2 Å². The van der Waals surface area contributed by atoms with Gasteiger partial charge in [0.25, 0.3) is 0 Å². The molecular formula is C23H28N2O2S. The predicted octanol–water partition coefficient (Wildman–Crippen LogP) is 5.39. The van der Waals surface area contributed by atoms with E-state index in [1.165, 1.54) is 4.88 Å². The molecule has 148 valence electrons. The maximum atomic E-state index is 12.0. The number of carbonyl (C=O) groups excluding carboxylic acids is 1. The molecule has 28 heavy (non-hydrogen) atoms. The fourth-order valence-corrected chi connectivity index (χ4v) is 3.29. The van der Waals surface area contributed by atoms with Gasteiger partial charge < -0.3 is 10.1 Å². The first kappa shape index (κ1) is 21.6. The smallest absolute Gasteiger partial charge is 0.220 e. The van der Waals surface area contributed by atoms with Crippen LogP contribution in [0.2, 0.25) is 0 Å². The second kappa shape index (κ2) is 12.7. The van der Waals surface area contributed by atoms with Crippen molar-refractivity contribution in [3.63, 3.8) is 0 Å². The second-order valence-electron chi connectivity index (χ2n) is 5.99. The van der Waals surface area contributed by atoms with Crippen molar-refractivity contribution < 1.29 is 9.53 Å². The van der Waals surface area contributed by atoms with E-state index in [4.69, 9.17) is 4.74 Å². The maximum Gasteiger partial charge on any atom is 0.220 e. The lowest BCUT2D eigenvalue weighted by Crippen LogP contribution is -2.22. The van der Waals surface area contributed by atoms with Crippen LogP contribution in [0.5, 0.6) is 5.88 Å². The molecule has 0 atom stereocenters. The quantitative estimate of drug-likeness (QED) is 0.528. The standard InChI is InChI=1S/C21H22N2O2S.C2H6/c24-20(10-4-8-19-9-5-13-26-19)23-15-18-11-12-22-21(14-18)25-16-17-6-2-1-3-7-17;1-2/h1-3,5-7,9,11-14H,4,8,10,15-16H2,(H,23,24);1-2H3. The molecule has 2 aromatic heterocycles. The zero-order chi connectivity index (χ0) is 20.0. The van der Waals surface area contributed by atoms with E-state index in [2.05, 4.69) is 21.7 Å². The summed E-state index contributed by atoms with van der Waals surface area (Å²) in [6.45, 7) is 4.97. The van der Waals surface area contributed by atoms with E-state index in [1.807, 2.05) is 62.4 Å². The summed E-state index contributed by atoms with van der Waals surface area (Å²) in [6.07, 6.45) is 4.07. The van der Waals surface area contributed by atoms with Crippen molar-refractivity contribution in [1.29, 1.82) is 0 Å². The molecule has 0 bridgehead atoms. The third-order valence-corrected chi connectivity index (χ3v) is 4.86. The number of benzene rings is 1. The lowest BCUT2D eigenvalue weighted by molar-refractivity contribution is -0.121. The van der Waals surface area contributed by atoms with Crippen LogP contribution in [-0.2, 0) is 24.4 Å². The van der Waals surface area contributed by atoms with Gasteiger partial charge in [-0.3, -0.25) is 4.79 Å². The van der Waals surface area contributed by atoms with E-state index in [9.17, 15) is 4.79 Å².